The quantitative estimate of drug-likeness (QED) is 0.783. The van der Waals surface area contributed by atoms with Gasteiger partial charge in [0.2, 0.25) is 0 Å². The zero-order valence-electron chi connectivity index (χ0n) is 12.1. The molecule has 0 aliphatic heterocycles. The van der Waals surface area contributed by atoms with Gasteiger partial charge < -0.3 is 5.32 Å². The summed E-state index contributed by atoms with van der Waals surface area (Å²) in [4.78, 5) is 4.48. The lowest BCUT2D eigenvalue weighted by Gasteiger charge is -2.21. The molecule has 0 saturated carbocycles. The van der Waals surface area contributed by atoms with Gasteiger partial charge in [0.05, 0.1) is 0 Å². The van der Waals surface area contributed by atoms with Crippen molar-refractivity contribution in [1.29, 1.82) is 0 Å². The number of allylic oxidation sites excluding steroid dienone is 1. The van der Waals surface area contributed by atoms with E-state index >= 15 is 0 Å². The minimum Gasteiger partial charge on any atom is -0.310 e. The molecule has 1 N–H and O–H groups in total. The second-order valence-electron chi connectivity index (χ2n) is 5.41. The van der Waals surface area contributed by atoms with Crippen molar-refractivity contribution in [2.45, 2.75) is 57.9 Å². The van der Waals surface area contributed by atoms with Crippen LogP contribution < -0.4 is 5.32 Å². The van der Waals surface area contributed by atoms with Crippen molar-refractivity contribution < 1.29 is 0 Å². The fourth-order valence-corrected chi connectivity index (χ4v) is 2.74. The van der Waals surface area contributed by atoms with Gasteiger partial charge in [0.15, 0.2) is 0 Å². The van der Waals surface area contributed by atoms with E-state index in [1.54, 1.807) is 5.57 Å². The van der Waals surface area contributed by atoms with Crippen LogP contribution in [0, 0.1) is 0 Å². The summed E-state index contributed by atoms with van der Waals surface area (Å²) in [7, 11) is 0. The van der Waals surface area contributed by atoms with E-state index in [2.05, 4.69) is 35.4 Å². The highest BCUT2D eigenvalue weighted by Crippen LogP contribution is 2.21. The van der Waals surface area contributed by atoms with Gasteiger partial charge in [-0.2, -0.15) is 0 Å². The van der Waals surface area contributed by atoms with Crippen LogP contribution in [-0.2, 0) is 6.42 Å². The van der Waals surface area contributed by atoms with Crippen LogP contribution >= 0.6 is 0 Å². The molecule has 0 spiro atoms. The molecule has 2 nitrogen and oxygen atoms in total. The average Bonchev–Trinajstić information content (AvgIpc) is 2.73. The molecule has 0 bridgehead atoms. The molecule has 0 radical (unpaired) electrons. The molecule has 1 aromatic heterocycles. The lowest BCUT2D eigenvalue weighted by molar-refractivity contribution is 0.538. The SMILES string of the molecule is CCCNC(Cc1ccccn1)C1=CCCCCC1. The average molecular weight is 258 g/mol. The van der Waals surface area contributed by atoms with Crippen LogP contribution in [0.15, 0.2) is 36.0 Å². The number of aromatic nitrogens is 1. The number of nitrogens with one attached hydrogen (secondary N) is 1. The Morgan fingerprint density at radius 1 is 1.26 bits per heavy atom. The van der Waals surface area contributed by atoms with E-state index in [1.807, 2.05) is 12.3 Å². The van der Waals surface area contributed by atoms with Crippen LogP contribution in [0.2, 0.25) is 0 Å². The number of pyridine rings is 1. The zero-order chi connectivity index (χ0) is 13.3. The van der Waals surface area contributed by atoms with Crippen molar-refractivity contribution in [1.82, 2.24) is 10.3 Å². The first kappa shape index (κ1) is 14.3. The highest BCUT2D eigenvalue weighted by atomic mass is 14.9. The number of nitrogens with zero attached hydrogens (tertiary/aromatic N) is 1. The minimum absolute atomic E-state index is 0.480. The maximum atomic E-state index is 4.48. The van der Waals surface area contributed by atoms with Crippen molar-refractivity contribution in [3.8, 4) is 0 Å². The maximum Gasteiger partial charge on any atom is 0.0422 e. The molecule has 1 unspecified atom stereocenters. The second-order valence-corrected chi connectivity index (χ2v) is 5.41. The van der Waals surface area contributed by atoms with Gasteiger partial charge in [-0.3, -0.25) is 4.98 Å². The summed E-state index contributed by atoms with van der Waals surface area (Å²) in [5.74, 6) is 0. The third kappa shape index (κ3) is 4.79. The predicted molar refractivity (Wildman–Crippen MR) is 81.2 cm³/mol. The summed E-state index contributed by atoms with van der Waals surface area (Å²) in [6.45, 7) is 3.32. The molecule has 0 saturated heterocycles. The first-order chi connectivity index (χ1) is 9.40. The fourth-order valence-electron chi connectivity index (χ4n) is 2.74. The van der Waals surface area contributed by atoms with Gasteiger partial charge in [0, 0.05) is 24.4 Å². The predicted octanol–water partition coefficient (Wildman–Crippen LogP) is 3.88. The molecule has 0 amide bonds. The van der Waals surface area contributed by atoms with Crippen molar-refractivity contribution in [2.75, 3.05) is 6.54 Å². The maximum absolute atomic E-state index is 4.48. The molecule has 0 aromatic carbocycles. The molecule has 1 atom stereocenters. The zero-order valence-corrected chi connectivity index (χ0v) is 12.1. The topological polar surface area (TPSA) is 24.9 Å². The Bertz CT molecular complexity index is 384. The molecule has 104 valence electrons. The van der Waals surface area contributed by atoms with E-state index < -0.39 is 0 Å². The molecule has 19 heavy (non-hydrogen) atoms. The van der Waals surface area contributed by atoms with E-state index in [0.717, 1.165) is 13.0 Å². The van der Waals surface area contributed by atoms with E-state index in [1.165, 1.54) is 44.2 Å². The molecule has 1 aliphatic carbocycles. The van der Waals surface area contributed by atoms with E-state index in [9.17, 15) is 0 Å². The van der Waals surface area contributed by atoms with Crippen LogP contribution in [-0.4, -0.2) is 17.6 Å². The Kier molecular flexibility index (Phi) is 6.09. The highest BCUT2D eigenvalue weighted by molar-refractivity contribution is 5.17. The van der Waals surface area contributed by atoms with Crippen molar-refractivity contribution in [3.05, 3.63) is 41.7 Å². The summed E-state index contributed by atoms with van der Waals surface area (Å²) >= 11 is 0. The lowest BCUT2D eigenvalue weighted by atomic mass is 9.97. The second kappa shape index (κ2) is 8.11. The Morgan fingerprint density at radius 3 is 3.00 bits per heavy atom. The summed E-state index contributed by atoms with van der Waals surface area (Å²) in [6.07, 6.45) is 13.2. The van der Waals surface area contributed by atoms with Crippen LogP contribution in [0.1, 0.15) is 51.1 Å². The normalized spacial score (nSPS) is 17.6. The molecule has 1 heterocycles. The van der Waals surface area contributed by atoms with Gasteiger partial charge in [0.1, 0.15) is 0 Å². The van der Waals surface area contributed by atoms with Gasteiger partial charge in [0.25, 0.3) is 0 Å². The number of hydrogen-bond donors (Lipinski definition) is 1. The third-order valence-corrected chi connectivity index (χ3v) is 3.80. The largest absolute Gasteiger partial charge is 0.310 e. The summed E-state index contributed by atoms with van der Waals surface area (Å²) in [5, 5.41) is 3.71. The summed E-state index contributed by atoms with van der Waals surface area (Å²) in [5.41, 5.74) is 2.80. The lowest BCUT2D eigenvalue weighted by Crippen LogP contribution is -2.34. The molecule has 1 aliphatic rings. The smallest absolute Gasteiger partial charge is 0.0422 e. The van der Waals surface area contributed by atoms with Crippen LogP contribution in [0.4, 0.5) is 0 Å². The van der Waals surface area contributed by atoms with Crippen LogP contribution in [0.25, 0.3) is 0 Å². The number of hydrogen-bond acceptors (Lipinski definition) is 2. The van der Waals surface area contributed by atoms with Crippen molar-refractivity contribution >= 4 is 0 Å². The number of rotatable bonds is 6. The summed E-state index contributed by atoms with van der Waals surface area (Å²) < 4.78 is 0. The summed E-state index contributed by atoms with van der Waals surface area (Å²) in [6, 6.07) is 6.69. The van der Waals surface area contributed by atoms with Crippen LogP contribution in [0.5, 0.6) is 0 Å². The van der Waals surface area contributed by atoms with Crippen molar-refractivity contribution in [3.63, 3.8) is 0 Å². The first-order valence-electron chi connectivity index (χ1n) is 7.72. The molecule has 2 rings (SSSR count). The molecular weight excluding hydrogens is 232 g/mol. The molecule has 2 heteroatoms. The Hall–Kier alpha value is -1.15. The van der Waals surface area contributed by atoms with E-state index in [0.29, 0.717) is 6.04 Å². The Morgan fingerprint density at radius 2 is 2.21 bits per heavy atom. The fraction of sp³-hybridized carbons (Fsp3) is 0.588. The Labute approximate surface area is 117 Å². The standard InChI is InChI=1S/C17H26N2/c1-2-12-19-17(14-16-11-7-8-13-18-16)15-9-5-3-4-6-10-15/h7-9,11,13,17,19H,2-6,10,12,14H2,1H3. The van der Waals surface area contributed by atoms with E-state index in [-0.39, 0.29) is 0 Å². The van der Waals surface area contributed by atoms with Gasteiger partial charge in [-0.1, -0.05) is 31.1 Å². The van der Waals surface area contributed by atoms with E-state index in [4.69, 9.17) is 0 Å². The van der Waals surface area contributed by atoms with Crippen molar-refractivity contribution in [2.24, 2.45) is 0 Å². The first-order valence-corrected chi connectivity index (χ1v) is 7.72. The monoisotopic (exact) mass is 258 g/mol. The highest BCUT2D eigenvalue weighted by Gasteiger charge is 2.15. The van der Waals surface area contributed by atoms with Gasteiger partial charge in [-0.15, -0.1) is 0 Å². The van der Waals surface area contributed by atoms with Gasteiger partial charge in [-0.05, 0) is 50.8 Å². The molecular formula is C17H26N2. The molecule has 0 fully saturated rings. The third-order valence-electron chi connectivity index (χ3n) is 3.80. The molecule has 1 aromatic rings. The van der Waals surface area contributed by atoms with Gasteiger partial charge in [-0.25, -0.2) is 0 Å². The minimum atomic E-state index is 0.480. The Balaban J connectivity index is 2.04. The van der Waals surface area contributed by atoms with Gasteiger partial charge >= 0.3 is 0 Å². The van der Waals surface area contributed by atoms with Crippen LogP contribution in [0.3, 0.4) is 0 Å².